The van der Waals surface area contributed by atoms with Gasteiger partial charge < -0.3 is 4.74 Å². The highest BCUT2D eigenvalue weighted by Crippen LogP contribution is 2.23. The second-order valence-corrected chi connectivity index (χ2v) is 4.65. The lowest BCUT2D eigenvalue weighted by atomic mass is 10.1. The second kappa shape index (κ2) is 6.41. The van der Waals surface area contributed by atoms with Crippen LogP contribution in [0.4, 0.5) is 0 Å². The molecule has 0 aliphatic carbocycles. The van der Waals surface area contributed by atoms with Gasteiger partial charge in [-0.15, -0.1) is 0 Å². The van der Waals surface area contributed by atoms with Crippen LogP contribution in [0.2, 0.25) is 0 Å². The van der Waals surface area contributed by atoms with E-state index >= 15 is 0 Å². The molecule has 0 fully saturated rings. The molecule has 0 bridgehead atoms. The quantitative estimate of drug-likeness (QED) is 0.760. The number of allylic oxidation sites excluding steroid dienone is 6. The summed E-state index contributed by atoms with van der Waals surface area (Å²) in [6, 6.07) is 11.8. The Balaban J connectivity index is 2.34. The summed E-state index contributed by atoms with van der Waals surface area (Å²) in [4.78, 5) is 0. The summed E-state index contributed by atoms with van der Waals surface area (Å²) in [6.45, 7) is 3.83. The summed E-state index contributed by atoms with van der Waals surface area (Å²) in [5.74, 6) is 1.26. The van der Waals surface area contributed by atoms with E-state index < -0.39 is 0 Å². The second-order valence-electron chi connectivity index (χ2n) is 4.65. The van der Waals surface area contributed by atoms with Crippen LogP contribution in [0.5, 0.6) is 0 Å². The van der Waals surface area contributed by atoms with Crippen LogP contribution in [-0.2, 0) is 4.74 Å². The number of hydrogen-bond acceptors (Lipinski definition) is 3. The summed E-state index contributed by atoms with van der Waals surface area (Å²) < 4.78 is 5.60. The molecule has 0 unspecified atom stereocenters. The van der Waals surface area contributed by atoms with Crippen molar-refractivity contribution in [1.29, 1.82) is 10.5 Å². The monoisotopic (exact) mass is 274 g/mol. The molecule has 0 amide bonds. The number of ether oxygens (including phenoxy) is 1. The molecule has 1 aromatic rings. The maximum Gasteiger partial charge on any atom is 0.137 e. The lowest BCUT2D eigenvalue weighted by Crippen LogP contribution is -1.97. The lowest BCUT2D eigenvalue weighted by Gasteiger charge is -2.13. The lowest BCUT2D eigenvalue weighted by molar-refractivity contribution is 0.318. The van der Waals surface area contributed by atoms with Crippen molar-refractivity contribution < 1.29 is 4.74 Å². The van der Waals surface area contributed by atoms with Gasteiger partial charge in [0.05, 0.1) is 0 Å². The van der Waals surface area contributed by atoms with Gasteiger partial charge in [0, 0.05) is 5.57 Å². The Morgan fingerprint density at radius 2 is 1.76 bits per heavy atom. The third-order valence-electron chi connectivity index (χ3n) is 3.06. The fourth-order valence-electron chi connectivity index (χ4n) is 1.99. The van der Waals surface area contributed by atoms with Crippen LogP contribution in [-0.4, -0.2) is 0 Å². The Morgan fingerprint density at radius 3 is 2.43 bits per heavy atom. The third-order valence-corrected chi connectivity index (χ3v) is 3.06. The molecule has 21 heavy (non-hydrogen) atoms. The van der Waals surface area contributed by atoms with Crippen LogP contribution in [0.25, 0.3) is 6.08 Å². The Kier molecular flexibility index (Phi) is 4.39. The van der Waals surface area contributed by atoms with E-state index in [2.05, 4.69) is 0 Å². The number of nitriles is 2. The summed E-state index contributed by atoms with van der Waals surface area (Å²) in [6.07, 6.45) is 7.18. The van der Waals surface area contributed by atoms with E-state index in [0.29, 0.717) is 17.1 Å². The Morgan fingerprint density at radius 1 is 1.05 bits per heavy atom. The van der Waals surface area contributed by atoms with Crippen molar-refractivity contribution in [3.05, 3.63) is 76.3 Å². The van der Waals surface area contributed by atoms with Crippen LogP contribution >= 0.6 is 0 Å². The molecular formula is C18H14N2O. The first-order valence-electron chi connectivity index (χ1n) is 6.50. The molecule has 3 nitrogen and oxygen atoms in total. The molecule has 0 atom stereocenters. The number of benzene rings is 1. The van der Waals surface area contributed by atoms with Crippen molar-refractivity contribution in [1.82, 2.24) is 0 Å². The summed E-state index contributed by atoms with van der Waals surface area (Å²) >= 11 is 0. The first kappa shape index (κ1) is 14.4. The minimum Gasteiger partial charge on any atom is -0.462 e. The van der Waals surface area contributed by atoms with Gasteiger partial charge in [0.15, 0.2) is 0 Å². The standard InChI is InChI=1S/C18H14N2O/c1-13-5-3-4-6-15(13)7-8-18-10-16(9-14(2)21-18)17(11-19)12-20/h3-10H,1-2H3. The first-order valence-corrected chi connectivity index (χ1v) is 6.50. The van der Waals surface area contributed by atoms with Crippen LogP contribution in [0, 0.1) is 29.6 Å². The zero-order chi connectivity index (χ0) is 15.2. The topological polar surface area (TPSA) is 56.8 Å². The summed E-state index contributed by atoms with van der Waals surface area (Å²) in [5, 5.41) is 17.9. The minimum atomic E-state index is 0.0828. The maximum atomic E-state index is 8.95. The van der Waals surface area contributed by atoms with Gasteiger partial charge >= 0.3 is 0 Å². The van der Waals surface area contributed by atoms with Gasteiger partial charge in [0.25, 0.3) is 0 Å². The molecule has 102 valence electrons. The van der Waals surface area contributed by atoms with Crippen molar-refractivity contribution in [2.24, 2.45) is 0 Å². The number of aryl methyl sites for hydroxylation is 1. The molecule has 0 N–H and O–H groups in total. The van der Waals surface area contributed by atoms with Gasteiger partial charge in [0.1, 0.15) is 29.2 Å². The van der Waals surface area contributed by atoms with Gasteiger partial charge in [-0.25, -0.2) is 0 Å². The van der Waals surface area contributed by atoms with Crippen LogP contribution in [0.1, 0.15) is 18.1 Å². The molecule has 0 aromatic heterocycles. The van der Waals surface area contributed by atoms with Gasteiger partial charge in [0.2, 0.25) is 0 Å². The van der Waals surface area contributed by atoms with Gasteiger partial charge in [-0.05, 0) is 43.2 Å². The highest BCUT2D eigenvalue weighted by atomic mass is 16.5. The molecule has 2 rings (SSSR count). The SMILES string of the molecule is CC1=CC(=C(C#N)C#N)C=C(C=Cc2ccccc2C)O1. The third kappa shape index (κ3) is 3.49. The van der Waals surface area contributed by atoms with Crippen molar-refractivity contribution in [3.8, 4) is 12.1 Å². The summed E-state index contributed by atoms with van der Waals surface area (Å²) in [5.41, 5.74) is 2.93. The van der Waals surface area contributed by atoms with E-state index in [1.807, 2.05) is 55.5 Å². The molecule has 0 saturated carbocycles. The van der Waals surface area contributed by atoms with Crippen molar-refractivity contribution in [2.75, 3.05) is 0 Å². The van der Waals surface area contributed by atoms with Gasteiger partial charge in [-0.3, -0.25) is 0 Å². The van der Waals surface area contributed by atoms with Crippen molar-refractivity contribution in [2.45, 2.75) is 13.8 Å². The molecule has 3 heteroatoms. The minimum absolute atomic E-state index is 0.0828. The van der Waals surface area contributed by atoms with E-state index in [0.717, 1.165) is 5.56 Å². The average molecular weight is 274 g/mol. The van der Waals surface area contributed by atoms with E-state index in [1.165, 1.54) is 5.56 Å². The predicted octanol–water partition coefficient (Wildman–Crippen LogP) is 4.17. The van der Waals surface area contributed by atoms with Gasteiger partial charge in [-0.2, -0.15) is 10.5 Å². The molecule has 0 saturated heterocycles. The summed E-state index contributed by atoms with van der Waals surface area (Å²) in [7, 11) is 0. The predicted molar refractivity (Wildman–Crippen MR) is 81.4 cm³/mol. The Hall–Kier alpha value is -3.04. The van der Waals surface area contributed by atoms with Crippen molar-refractivity contribution >= 4 is 6.08 Å². The smallest absolute Gasteiger partial charge is 0.137 e. The van der Waals surface area contributed by atoms with E-state index in [4.69, 9.17) is 15.3 Å². The Labute approximate surface area is 124 Å². The van der Waals surface area contributed by atoms with Gasteiger partial charge in [-0.1, -0.05) is 30.3 Å². The molecule has 0 radical (unpaired) electrons. The van der Waals surface area contributed by atoms with E-state index in [1.54, 1.807) is 19.1 Å². The molecule has 0 spiro atoms. The van der Waals surface area contributed by atoms with Crippen molar-refractivity contribution in [3.63, 3.8) is 0 Å². The molecule has 1 aliphatic heterocycles. The van der Waals surface area contributed by atoms with Crippen LogP contribution in [0.3, 0.4) is 0 Å². The van der Waals surface area contributed by atoms with Crippen LogP contribution < -0.4 is 0 Å². The fourth-order valence-corrected chi connectivity index (χ4v) is 1.99. The molecule has 1 heterocycles. The fraction of sp³-hybridized carbons (Fsp3) is 0.111. The number of hydrogen-bond donors (Lipinski definition) is 0. The number of nitrogens with zero attached hydrogens (tertiary/aromatic N) is 2. The Bertz CT molecular complexity index is 749. The zero-order valence-electron chi connectivity index (χ0n) is 11.9. The van der Waals surface area contributed by atoms with E-state index in [9.17, 15) is 0 Å². The normalized spacial score (nSPS) is 13.8. The molecular weight excluding hydrogens is 260 g/mol. The number of rotatable bonds is 2. The maximum absolute atomic E-state index is 8.95. The largest absolute Gasteiger partial charge is 0.462 e. The van der Waals surface area contributed by atoms with Crippen LogP contribution in [0.15, 0.2) is 65.2 Å². The highest BCUT2D eigenvalue weighted by Gasteiger charge is 2.10. The average Bonchev–Trinajstić information content (AvgIpc) is 2.47. The first-order chi connectivity index (χ1) is 10.1. The highest BCUT2D eigenvalue weighted by molar-refractivity contribution is 5.58. The zero-order valence-corrected chi connectivity index (χ0v) is 11.9. The molecule has 1 aromatic carbocycles. The van der Waals surface area contributed by atoms with E-state index in [-0.39, 0.29) is 5.57 Å². The molecule has 1 aliphatic rings.